The first-order chi connectivity index (χ1) is 17.2. The first kappa shape index (κ1) is 26.2. The van der Waals surface area contributed by atoms with E-state index in [9.17, 15) is 21.6 Å². The fourth-order valence-electron chi connectivity index (χ4n) is 3.97. The van der Waals surface area contributed by atoms with Gasteiger partial charge in [-0.2, -0.15) is 4.31 Å². The molecule has 190 valence electrons. The summed E-state index contributed by atoms with van der Waals surface area (Å²) in [7, 11) is -7.70. The van der Waals surface area contributed by atoms with Gasteiger partial charge >= 0.3 is 0 Å². The Balaban J connectivity index is 1.54. The zero-order chi connectivity index (χ0) is 25.8. The lowest BCUT2D eigenvalue weighted by Gasteiger charge is -2.26. The quantitative estimate of drug-likeness (QED) is 0.451. The molecule has 0 saturated carbocycles. The molecule has 0 atom stereocenters. The van der Waals surface area contributed by atoms with Crippen LogP contribution in [0.5, 0.6) is 0 Å². The van der Waals surface area contributed by atoms with Crippen molar-refractivity contribution in [3.63, 3.8) is 0 Å². The Hall–Kier alpha value is -2.92. The van der Waals surface area contributed by atoms with Crippen LogP contribution in [0.2, 0.25) is 5.02 Å². The van der Waals surface area contributed by atoms with E-state index >= 15 is 0 Å². The summed E-state index contributed by atoms with van der Waals surface area (Å²) in [4.78, 5) is 13.1. The Morgan fingerprint density at radius 1 is 0.806 bits per heavy atom. The van der Waals surface area contributed by atoms with Gasteiger partial charge in [0.15, 0.2) is 0 Å². The highest BCUT2D eigenvalue weighted by Crippen LogP contribution is 2.30. The largest absolute Gasteiger partial charge is 0.325 e. The van der Waals surface area contributed by atoms with Gasteiger partial charge in [-0.3, -0.25) is 9.10 Å². The van der Waals surface area contributed by atoms with Crippen molar-refractivity contribution in [3.05, 3.63) is 83.9 Å². The number of carbonyl (C=O) groups excluding carboxylic acids is 1. The summed E-state index contributed by atoms with van der Waals surface area (Å²) >= 11 is 6.28. The second kappa shape index (κ2) is 11.0. The number of sulfonamides is 2. The number of halogens is 1. The minimum absolute atomic E-state index is 0.0185. The molecule has 1 fully saturated rings. The van der Waals surface area contributed by atoms with Crippen LogP contribution in [0.25, 0.3) is 0 Å². The molecule has 1 N–H and O–H groups in total. The Kier molecular flexibility index (Phi) is 7.99. The van der Waals surface area contributed by atoms with Crippen LogP contribution in [-0.4, -0.2) is 46.7 Å². The minimum atomic E-state index is -4.10. The summed E-state index contributed by atoms with van der Waals surface area (Å²) in [5.74, 6) is -0.610. The second-order valence-electron chi connectivity index (χ2n) is 8.31. The average Bonchev–Trinajstić information content (AvgIpc) is 2.89. The zero-order valence-corrected chi connectivity index (χ0v) is 21.8. The van der Waals surface area contributed by atoms with Crippen LogP contribution in [0.4, 0.5) is 11.4 Å². The number of rotatable bonds is 8. The molecular formula is C25H26ClN3O5S2. The van der Waals surface area contributed by atoms with Crippen molar-refractivity contribution in [3.8, 4) is 0 Å². The van der Waals surface area contributed by atoms with E-state index in [2.05, 4.69) is 5.32 Å². The summed E-state index contributed by atoms with van der Waals surface area (Å²) in [6.07, 6.45) is 2.69. The van der Waals surface area contributed by atoms with E-state index in [1.54, 1.807) is 36.4 Å². The minimum Gasteiger partial charge on any atom is -0.325 e. The molecule has 1 aliphatic rings. The lowest BCUT2D eigenvalue weighted by molar-refractivity contribution is -0.114. The van der Waals surface area contributed by atoms with Crippen molar-refractivity contribution >= 4 is 48.9 Å². The summed E-state index contributed by atoms with van der Waals surface area (Å²) < 4.78 is 54.9. The summed E-state index contributed by atoms with van der Waals surface area (Å²) in [5.41, 5.74) is 0.509. The highest BCUT2D eigenvalue weighted by Gasteiger charge is 2.29. The number of piperidine rings is 1. The summed E-state index contributed by atoms with van der Waals surface area (Å²) in [6, 6.07) is 20.0. The number of carbonyl (C=O) groups is 1. The molecular weight excluding hydrogens is 522 g/mol. The van der Waals surface area contributed by atoms with Crippen LogP contribution < -0.4 is 9.62 Å². The van der Waals surface area contributed by atoms with E-state index in [4.69, 9.17) is 11.6 Å². The molecule has 11 heteroatoms. The highest BCUT2D eigenvalue weighted by molar-refractivity contribution is 7.93. The van der Waals surface area contributed by atoms with Gasteiger partial charge in [0.25, 0.3) is 10.0 Å². The molecule has 0 bridgehead atoms. The number of hydrogen-bond acceptors (Lipinski definition) is 5. The fraction of sp³-hybridized carbons (Fsp3) is 0.240. The van der Waals surface area contributed by atoms with Gasteiger partial charge in [-0.05, 0) is 61.4 Å². The first-order valence-corrected chi connectivity index (χ1v) is 14.7. The maximum Gasteiger partial charge on any atom is 0.264 e. The third-order valence-electron chi connectivity index (χ3n) is 5.83. The van der Waals surface area contributed by atoms with Crippen molar-refractivity contribution in [2.75, 3.05) is 29.3 Å². The van der Waals surface area contributed by atoms with Crippen LogP contribution >= 0.6 is 11.6 Å². The van der Waals surface area contributed by atoms with Crippen molar-refractivity contribution in [1.82, 2.24) is 4.31 Å². The third-order valence-corrected chi connectivity index (χ3v) is 9.84. The normalized spacial score (nSPS) is 14.8. The first-order valence-electron chi connectivity index (χ1n) is 11.4. The number of nitrogens with one attached hydrogen (secondary N) is 1. The molecule has 0 unspecified atom stereocenters. The SMILES string of the molecule is O=C(CN(c1ccccc1Cl)S(=O)(=O)c1ccccc1)Nc1ccc(S(=O)(=O)N2CCCCC2)cc1. The Labute approximate surface area is 216 Å². The van der Waals surface area contributed by atoms with Gasteiger partial charge in [0.2, 0.25) is 15.9 Å². The Bertz CT molecular complexity index is 1420. The second-order valence-corrected chi connectivity index (χ2v) is 12.5. The highest BCUT2D eigenvalue weighted by atomic mass is 35.5. The Morgan fingerprint density at radius 3 is 2.06 bits per heavy atom. The van der Waals surface area contributed by atoms with E-state index < -0.39 is 32.5 Å². The molecule has 1 amide bonds. The van der Waals surface area contributed by atoms with Crippen LogP contribution in [0.15, 0.2) is 88.7 Å². The van der Waals surface area contributed by atoms with E-state index in [1.165, 1.54) is 46.8 Å². The van der Waals surface area contributed by atoms with E-state index in [1.807, 2.05) is 0 Å². The molecule has 1 saturated heterocycles. The van der Waals surface area contributed by atoms with Gasteiger partial charge in [-0.15, -0.1) is 0 Å². The van der Waals surface area contributed by atoms with Gasteiger partial charge in [-0.25, -0.2) is 16.8 Å². The predicted molar refractivity (Wildman–Crippen MR) is 140 cm³/mol. The van der Waals surface area contributed by atoms with Gasteiger partial charge in [0, 0.05) is 18.8 Å². The summed E-state index contributed by atoms with van der Waals surface area (Å²) in [6.45, 7) is 0.456. The smallest absolute Gasteiger partial charge is 0.264 e. The average molecular weight is 548 g/mol. The van der Waals surface area contributed by atoms with Crippen molar-refractivity contribution < 1.29 is 21.6 Å². The van der Waals surface area contributed by atoms with Crippen LogP contribution in [0.1, 0.15) is 19.3 Å². The zero-order valence-electron chi connectivity index (χ0n) is 19.4. The lowest BCUT2D eigenvalue weighted by atomic mass is 10.2. The van der Waals surface area contributed by atoms with Crippen molar-refractivity contribution in [1.29, 1.82) is 0 Å². The van der Waals surface area contributed by atoms with E-state index in [0.29, 0.717) is 18.8 Å². The standard InChI is InChI=1S/C25H26ClN3O5S2/c26-23-11-5-6-12-24(23)29(36(33,34)21-9-3-1-4-10-21)19-25(30)27-20-13-15-22(16-14-20)35(31,32)28-17-7-2-8-18-28/h1,3-6,9-16H,2,7-8,17-19H2,(H,27,30). The molecule has 0 radical (unpaired) electrons. The monoisotopic (exact) mass is 547 g/mol. The topological polar surface area (TPSA) is 104 Å². The number of anilines is 2. The maximum atomic E-state index is 13.4. The lowest BCUT2D eigenvalue weighted by Crippen LogP contribution is -2.38. The van der Waals surface area contributed by atoms with Crippen molar-refractivity contribution in [2.45, 2.75) is 29.1 Å². The Morgan fingerprint density at radius 2 is 1.42 bits per heavy atom. The molecule has 0 aliphatic carbocycles. The van der Waals surface area contributed by atoms with Crippen LogP contribution in [0.3, 0.4) is 0 Å². The van der Waals surface area contributed by atoms with E-state index in [0.717, 1.165) is 23.6 Å². The van der Waals surface area contributed by atoms with Crippen LogP contribution in [-0.2, 0) is 24.8 Å². The molecule has 0 spiro atoms. The summed E-state index contributed by atoms with van der Waals surface area (Å²) in [5, 5.41) is 2.82. The number of benzene rings is 3. The van der Waals surface area contributed by atoms with Gasteiger partial charge in [0.1, 0.15) is 6.54 Å². The van der Waals surface area contributed by atoms with Gasteiger partial charge in [0.05, 0.1) is 20.5 Å². The third kappa shape index (κ3) is 5.73. The number of hydrogen-bond donors (Lipinski definition) is 1. The molecule has 1 heterocycles. The number of amides is 1. The fourth-order valence-corrected chi connectivity index (χ4v) is 7.23. The number of para-hydroxylation sites is 1. The molecule has 3 aromatic carbocycles. The maximum absolute atomic E-state index is 13.4. The predicted octanol–water partition coefficient (Wildman–Crippen LogP) is 4.35. The van der Waals surface area contributed by atoms with Crippen molar-refractivity contribution in [2.24, 2.45) is 0 Å². The number of nitrogens with zero attached hydrogens (tertiary/aromatic N) is 2. The van der Waals surface area contributed by atoms with E-state index in [-0.39, 0.29) is 20.5 Å². The molecule has 1 aliphatic heterocycles. The van der Waals surface area contributed by atoms with Gasteiger partial charge < -0.3 is 5.32 Å². The molecule has 3 aromatic rings. The molecule has 4 rings (SSSR count). The molecule has 36 heavy (non-hydrogen) atoms. The molecule has 8 nitrogen and oxygen atoms in total. The molecule has 0 aromatic heterocycles. The van der Waals surface area contributed by atoms with Gasteiger partial charge in [-0.1, -0.05) is 48.4 Å². The van der Waals surface area contributed by atoms with Crippen LogP contribution in [0, 0.1) is 0 Å².